The molecule has 2 aromatic carbocycles. The molecule has 0 unspecified atom stereocenters. The second kappa shape index (κ2) is 11.7. The second-order valence-electron chi connectivity index (χ2n) is 10.9. The fourth-order valence-electron chi connectivity index (χ4n) is 6.17. The van der Waals surface area contributed by atoms with Crippen molar-refractivity contribution in [1.82, 2.24) is 25.5 Å². The van der Waals surface area contributed by atoms with Crippen molar-refractivity contribution < 1.29 is 35.5 Å². The number of rotatable bonds is 7. The molecule has 41 heavy (non-hydrogen) atoms. The Bertz CT molecular complexity index is 1260. The molecule has 1 aromatic heterocycles. The van der Waals surface area contributed by atoms with Crippen LogP contribution in [0.4, 0.5) is 30.7 Å². The molecule has 1 aliphatic heterocycles. The SMILES string of the molecule is C[C@@H](O[C@H]1CC[C@@H](CN2CCC(c3nn[nH]n3)CC2)[C@@H]1c1ccc(F)cc1)c1cc(C(F)(F)F)cc(C(F)(F)F)c1. The van der Waals surface area contributed by atoms with Gasteiger partial charge in [-0.05, 0) is 93.1 Å². The van der Waals surface area contributed by atoms with Crippen LogP contribution in [0.2, 0.25) is 0 Å². The number of hydrogen-bond donors (Lipinski definition) is 1. The van der Waals surface area contributed by atoms with Crippen molar-refractivity contribution in [2.24, 2.45) is 5.92 Å². The van der Waals surface area contributed by atoms with Crippen LogP contribution in [0.5, 0.6) is 0 Å². The van der Waals surface area contributed by atoms with Crippen molar-refractivity contribution >= 4 is 0 Å². The molecule has 4 atom stereocenters. The summed E-state index contributed by atoms with van der Waals surface area (Å²) in [5, 5.41) is 14.3. The highest BCUT2D eigenvalue weighted by Gasteiger charge is 2.41. The Hall–Kier alpha value is -3.06. The van der Waals surface area contributed by atoms with Crippen LogP contribution < -0.4 is 0 Å². The number of halogens is 7. The van der Waals surface area contributed by atoms with E-state index < -0.39 is 41.5 Å². The summed E-state index contributed by atoms with van der Waals surface area (Å²) in [6, 6.07) is 7.60. The number of tetrazole rings is 1. The van der Waals surface area contributed by atoms with Crippen LogP contribution in [0.3, 0.4) is 0 Å². The third kappa shape index (κ3) is 6.88. The van der Waals surface area contributed by atoms with E-state index >= 15 is 0 Å². The molecule has 2 aliphatic rings. The number of nitrogens with zero attached hydrogens (tertiary/aromatic N) is 4. The molecule has 222 valence electrons. The lowest BCUT2D eigenvalue weighted by Crippen LogP contribution is -2.38. The van der Waals surface area contributed by atoms with E-state index in [4.69, 9.17) is 4.74 Å². The first-order valence-corrected chi connectivity index (χ1v) is 13.5. The lowest BCUT2D eigenvalue weighted by molar-refractivity contribution is -0.143. The quantitative estimate of drug-likeness (QED) is 0.306. The van der Waals surface area contributed by atoms with Crippen molar-refractivity contribution in [2.75, 3.05) is 19.6 Å². The zero-order valence-electron chi connectivity index (χ0n) is 22.2. The van der Waals surface area contributed by atoms with Gasteiger partial charge in [0, 0.05) is 18.4 Å². The van der Waals surface area contributed by atoms with E-state index in [0.29, 0.717) is 24.4 Å². The molecule has 1 N–H and O–H groups in total. The number of hydrogen-bond acceptors (Lipinski definition) is 5. The van der Waals surface area contributed by atoms with Gasteiger partial charge in [-0.15, -0.1) is 10.2 Å². The number of piperidine rings is 1. The number of aromatic amines is 1. The minimum atomic E-state index is -4.94. The van der Waals surface area contributed by atoms with Crippen LogP contribution in [-0.4, -0.2) is 51.3 Å². The third-order valence-corrected chi connectivity index (χ3v) is 8.25. The van der Waals surface area contributed by atoms with Gasteiger partial charge in [0.2, 0.25) is 0 Å². The van der Waals surface area contributed by atoms with Gasteiger partial charge in [0.15, 0.2) is 5.82 Å². The Balaban J connectivity index is 1.34. The van der Waals surface area contributed by atoms with Crippen LogP contribution in [-0.2, 0) is 17.1 Å². The molecular weight excluding hydrogens is 555 g/mol. The van der Waals surface area contributed by atoms with Gasteiger partial charge in [-0.1, -0.05) is 17.3 Å². The maximum atomic E-state index is 13.8. The molecule has 2 fully saturated rings. The summed E-state index contributed by atoms with van der Waals surface area (Å²) in [6.07, 6.45) is -8.34. The molecule has 13 heteroatoms. The fourth-order valence-corrected chi connectivity index (χ4v) is 6.17. The highest BCUT2D eigenvalue weighted by Crippen LogP contribution is 2.45. The molecule has 1 aliphatic carbocycles. The molecule has 0 radical (unpaired) electrons. The summed E-state index contributed by atoms with van der Waals surface area (Å²) in [6.45, 7) is 3.83. The number of H-pyrrole nitrogens is 1. The van der Waals surface area contributed by atoms with E-state index in [0.717, 1.165) is 44.5 Å². The smallest absolute Gasteiger partial charge is 0.370 e. The minimum absolute atomic E-state index is 0.103. The van der Waals surface area contributed by atoms with E-state index in [9.17, 15) is 30.7 Å². The Morgan fingerprint density at radius 1 is 0.927 bits per heavy atom. The molecule has 3 aromatic rings. The molecule has 2 heterocycles. The third-order valence-electron chi connectivity index (χ3n) is 8.25. The predicted octanol–water partition coefficient (Wildman–Crippen LogP) is 6.90. The van der Waals surface area contributed by atoms with Crippen LogP contribution >= 0.6 is 0 Å². The highest BCUT2D eigenvalue weighted by atomic mass is 19.4. The summed E-state index contributed by atoms with van der Waals surface area (Å²) in [5.41, 5.74) is -2.12. The van der Waals surface area contributed by atoms with Crippen molar-refractivity contribution in [1.29, 1.82) is 0 Å². The van der Waals surface area contributed by atoms with Crippen LogP contribution in [0.1, 0.15) is 78.6 Å². The number of alkyl halides is 6. The summed E-state index contributed by atoms with van der Waals surface area (Å²) in [7, 11) is 0. The van der Waals surface area contributed by atoms with Gasteiger partial charge < -0.3 is 9.64 Å². The summed E-state index contributed by atoms with van der Waals surface area (Å²) >= 11 is 0. The molecule has 0 bridgehead atoms. The lowest BCUT2D eigenvalue weighted by Gasteiger charge is -2.35. The Morgan fingerprint density at radius 3 is 2.12 bits per heavy atom. The predicted molar refractivity (Wildman–Crippen MR) is 134 cm³/mol. The molecule has 0 amide bonds. The van der Waals surface area contributed by atoms with Gasteiger partial charge in [-0.25, -0.2) is 4.39 Å². The van der Waals surface area contributed by atoms with Crippen LogP contribution in [0, 0.1) is 11.7 Å². The molecule has 1 saturated heterocycles. The molecule has 5 rings (SSSR count). The van der Waals surface area contributed by atoms with Crippen molar-refractivity contribution in [2.45, 2.75) is 69.0 Å². The molecule has 0 spiro atoms. The average molecular weight is 586 g/mol. The number of likely N-dealkylation sites (tertiary alicyclic amines) is 1. The lowest BCUT2D eigenvalue weighted by atomic mass is 9.86. The summed E-state index contributed by atoms with van der Waals surface area (Å²) in [5.74, 6) is 0.404. The monoisotopic (exact) mass is 585 g/mol. The standard InChI is InChI=1S/C28H30F7N5O/c1-16(20-12-21(27(30,31)32)14-22(13-20)28(33,34)35)41-24-7-4-19(25(24)17-2-5-23(29)6-3-17)15-40-10-8-18(9-11-40)26-36-38-39-37-26/h2-3,5-6,12-14,16,18-19,24-25H,4,7-11,15H2,1H3,(H,36,37,38,39)/t16-,19+,24+,25+/m1/s1. The molecule has 1 saturated carbocycles. The average Bonchev–Trinajstić information content (AvgIpc) is 3.59. The summed E-state index contributed by atoms with van der Waals surface area (Å²) in [4.78, 5) is 2.34. The first-order valence-electron chi connectivity index (χ1n) is 13.5. The second-order valence-corrected chi connectivity index (χ2v) is 10.9. The van der Waals surface area contributed by atoms with E-state index in [1.165, 1.54) is 19.1 Å². The topological polar surface area (TPSA) is 66.9 Å². The zero-order valence-corrected chi connectivity index (χ0v) is 22.2. The Labute approximate surface area is 232 Å². The van der Waals surface area contributed by atoms with E-state index in [2.05, 4.69) is 25.5 Å². The fraction of sp³-hybridized carbons (Fsp3) is 0.536. The van der Waals surface area contributed by atoms with Gasteiger partial charge in [0.05, 0.1) is 23.3 Å². The van der Waals surface area contributed by atoms with Gasteiger partial charge >= 0.3 is 12.4 Å². The molecular formula is C28H30F7N5O. The van der Waals surface area contributed by atoms with E-state index in [1.807, 2.05) is 0 Å². The van der Waals surface area contributed by atoms with Gasteiger partial charge in [0.25, 0.3) is 0 Å². The number of benzene rings is 2. The number of nitrogens with one attached hydrogen (secondary N) is 1. The van der Waals surface area contributed by atoms with Gasteiger partial charge in [-0.2, -0.15) is 31.6 Å². The molecule has 6 nitrogen and oxygen atoms in total. The summed E-state index contributed by atoms with van der Waals surface area (Å²) < 4.78 is 101. The van der Waals surface area contributed by atoms with Gasteiger partial charge in [0.1, 0.15) is 5.82 Å². The first-order chi connectivity index (χ1) is 19.4. The van der Waals surface area contributed by atoms with E-state index in [1.54, 1.807) is 12.1 Å². The van der Waals surface area contributed by atoms with Crippen molar-refractivity contribution in [3.8, 4) is 0 Å². The van der Waals surface area contributed by atoms with Crippen molar-refractivity contribution in [3.63, 3.8) is 0 Å². The Kier molecular flexibility index (Phi) is 8.38. The van der Waals surface area contributed by atoms with Gasteiger partial charge in [-0.3, -0.25) is 0 Å². The highest BCUT2D eigenvalue weighted by molar-refractivity contribution is 5.35. The number of ether oxygens (including phenoxy) is 1. The van der Waals surface area contributed by atoms with Crippen molar-refractivity contribution in [3.05, 3.63) is 76.4 Å². The normalized spacial score (nSPS) is 23.7. The zero-order chi connectivity index (χ0) is 29.4. The first kappa shape index (κ1) is 29.4. The van der Waals surface area contributed by atoms with E-state index in [-0.39, 0.29) is 29.4 Å². The van der Waals surface area contributed by atoms with Crippen LogP contribution in [0.15, 0.2) is 42.5 Å². The Morgan fingerprint density at radius 2 is 1.56 bits per heavy atom. The maximum absolute atomic E-state index is 13.8. The largest absolute Gasteiger partial charge is 0.416 e. The maximum Gasteiger partial charge on any atom is 0.416 e. The van der Waals surface area contributed by atoms with Crippen LogP contribution in [0.25, 0.3) is 0 Å². The minimum Gasteiger partial charge on any atom is -0.370 e. The number of aromatic nitrogens is 4.